The first-order valence-corrected chi connectivity index (χ1v) is 10.6. The Bertz CT molecular complexity index is 943. The van der Waals surface area contributed by atoms with E-state index < -0.39 is 21.6 Å². The molecular formula is C17H24N4O5S. The Morgan fingerprint density at radius 2 is 2.04 bits per heavy atom. The molecule has 1 N–H and O–H groups in total. The molecule has 2 aliphatic heterocycles. The largest absolute Gasteiger partial charge is 0.465 e. The summed E-state index contributed by atoms with van der Waals surface area (Å²) in [6, 6.07) is 0.0454. The number of esters is 1. The number of carbonyl (C=O) groups is 1. The van der Waals surface area contributed by atoms with Crippen LogP contribution in [-0.4, -0.2) is 59.4 Å². The van der Waals surface area contributed by atoms with E-state index in [1.807, 2.05) is 0 Å². The SMILES string of the molecule is COC(=O)c1cn(CCS(=O)(=O)N(C)C2CCCCC2)cc2c(=O)[nH]nc1-2. The molecule has 0 bridgehead atoms. The average Bonchev–Trinajstić information content (AvgIpc) is 3.06. The average molecular weight is 396 g/mol. The van der Waals surface area contributed by atoms with Gasteiger partial charge in [-0.05, 0) is 12.8 Å². The number of aryl methyl sites for hydroxylation is 1. The second-order valence-electron chi connectivity index (χ2n) is 6.84. The Hall–Kier alpha value is -2.20. The van der Waals surface area contributed by atoms with Crippen molar-refractivity contribution < 1.29 is 17.9 Å². The number of aromatic amines is 1. The van der Waals surface area contributed by atoms with Crippen LogP contribution in [0.5, 0.6) is 0 Å². The molecule has 0 radical (unpaired) electrons. The van der Waals surface area contributed by atoms with Gasteiger partial charge >= 0.3 is 5.97 Å². The number of pyridine rings is 1. The molecule has 0 spiro atoms. The lowest BCUT2D eigenvalue weighted by molar-refractivity contribution is 0.0600. The lowest BCUT2D eigenvalue weighted by Gasteiger charge is -2.30. The molecular weight excluding hydrogens is 372 g/mol. The van der Waals surface area contributed by atoms with E-state index >= 15 is 0 Å². The third kappa shape index (κ3) is 4.06. The van der Waals surface area contributed by atoms with Crippen LogP contribution in [0.1, 0.15) is 42.5 Å². The van der Waals surface area contributed by atoms with Crippen molar-refractivity contribution >= 4 is 16.0 Å². The van der Waals surface area contributed by atoms with Gasteiger partial charge in [-0.2, -0.15) is 5.10 Å². The van der Waals surface area contributed by atoms with Gasteiger partial charge < -0.3 is 9.30 Å². The number of methoxy groups -OCH3 is 1. The van der Waals surface area contributed by atoms with Crippen LogP contribution in [0.15, 0.2) is 17.2 Å². The minimum Gasteiger partial charge on any atom is -0.465 e. The fourth-order valence-corrected chi connectivity index (χ4v) is 4.91. The van der Waals surface area contributed by atoms with Crippen LogP contribution in [0.4, 0.5) is 0 Å². The number of ether oxygens (including phenoxy) is 1. The smallest absolute Gasteiger partial charge is 0.341 e. The number of rotatable bonds is 6. The normalized spacial score (nSPS) is 16.1. The molecule has 1 aliphatic carbocycles. The Kier molecular flexibility index (Phi) is 5.66. The fraction of sp³-hybridized carbons (Fsp3) is 0.588. The number of fused-ring (bicyclic) bond motifs is 1. The van der Waals surface area contributed by atoms with Crippen molar-refractivity contribution in [3.05, 3.63) is 28.3 Å². The third-order valence-electron chi connectivity index (χ3n) is 5.15. The van der Waals surface area contributed by atoms with Gasteiger partial charge in [0.2, 0.25) is 10.0 Å². The zero-order valence-electron chi connectivity index (χ0n) is 15.5. The topological polar surface area (TPSA) is 114 Å². The van der Waals surface area contributed by atoms with Gasteiger partial charge in [-0.3, -0.25) is 4.79 Å². The van der Waals surface area contributed by atoms with E-state index in [1.165, 1.54) is 28.4 Å². The fourth-order valence-electron chi connectivity index (χ4n) is 3.51. The van der Waals surface area contributed by atoms with E-state index in [4.69, 9.17) is 4.74 Å². The minimum absolute atomic E-state index is 0.0454. The van der Waals surface area contributed by atoms with Crippen LogP contribution in [0.2, 0.25) is 0 Å². The maximum Gasteiger partial charge on any atom is 0.341 e. The molecule has 0 amide bonds. The number of hydrogen-bond donors (Lipinski definition) is 1. The lowest BCUT2D eigenvalue weighted by atomic mass is 9.96. The van der Waals surface area contributed by atoms with Crippen LogP contribution < -0.4 is 5.56 Å². The standard InChI is InChI=1S/C17H24N4O5S/c1-20(12-6-4-3-5-7-12)27(24,25)9-8-21-10-13-15(18-19-16(13)22)14(11-21)17(23)26-2/h10-12H,3-9H2,1-2H3,(H,19,22). The van der Waals surface area contributed by atoms with Crippen molar-refractivity contribution in [1.82, 2.24) is 19.1 Å². The van der Waals surface area contributed by atoms with Crippen molar-refractivity contribution in [3.63, 3.8) is 0 Å². The quantitative estimate of drug-likeness (QED) is 0.730. The maximum absolute atomic E-state index is 12.7. The minimum atomic E-state index is -3.45. The second kappa shape index (κ2) is 7.81. The van der Waals surface area contributed by atoms with E-state index in [0.717, 1.165) is 32.1 Å². The summed E-state index contributed by atoms with van der Waals surface area (Å²) in [6.07, 6.45) is 7.98. The first-order valence-electron chi connectivity index (χ1n) is 8.95. The van der Waals surface area contributed by atoms with Crippen LogP contribution >= 0.6 is 0 Å². The highest BCUT2D eigenvalue weighted by molar-refractivity contribution is 7.89. The van der Waals surface area contributed by atoms with Gasteiger partial charge in [-0.25, -0.2) is 22.6 Å². The number of hydrogen-bond acceptors (Lipinski definition) is 6. The van der Waals surface area contributed by atoms with Gasteiger partial charge in [-0.1, -0.05) is 19.3 Å². The summed E-state index contributed by atoms with van der Waals surface area (Å²) < 4.78 is 33.1. The molecule has 1 fully saturated rings. The maximum atomic E-state index is 12.7. The number of carbonyl (C=O) groups excluding carboxylic acids is 1. The van der Waals surface area contributed by atoms with Crippen molar-refractivity contribution in [2.24, 2.45) is 0 Å². The molecule has 2 heterocycles. The highest BCUT2D eigenvalue weighted by atomic mass is 32.2. The molecule has 27 heavy (non-hydrogen) atoms. The molecule has 0 saturated heterocycles. The monoisotopic (exact) mass is 396 g/mol. The number of nitrogens with one attached hydrogen (secondary N) is 1. The summed E-state index contributed by atoms with van der Waals surface area (Å²) >= 11 is 0. The van der Waals surface area contributed by atoms with E-state index in [2.05, 4.69) is 10.2 Å². The number of H-pyrrole nitrogens is 1. The zero-order chi connectivity index (χ0) is 19.6. The Balaban J connectivity index is 1.82. The highest BCUT2D eigenvalue weighted by Crippen LogP contribution is 2.24. The molecule has 10 heteroatoms. The molecule has 9 nitrogen and oxygen atoms in total. The third-order valence-corrected chi connectivity index (χ3v) is 7.03. The first kappa shape index (κ1) is 19.6. The second-order valence-corrected chi connectivity index (χ2v) is 8.99. The van der Waals surface area contributed by atoms with E-state index in [9.17, 15) is 18.0 Å². The predicted octanol–water partition coefficient (Wildman–Crippen LogP) is 1.06. The molecule has 0 unspecified atom stereocenters. The molecule has 0 atom stereocenters. The summed E-state index contributed by atoms with van der Waals surface area (Å²) in [6.45, 7) is 0.115. The van der Waals surface area contributed by atoms with Crippen LogP contribution in [0.3, 0.4) is 0 Å². The predicted molar refractivity (Wildman–Crippen MR) is 99.2 cm³/mol. The van der Waals surface area contributed by atoms with Crippen LogP contribution in [0.25, 0.3) is 11.3 Å². The molecule has 0 aromatic heterocycles. The summed E-state index contributed by atoms with van der Waals surface area (Å²) in [5, 5.41) is 6.15. The van der Waals surface area contributed by atoms with Crippen LogP contribution in [0, 0.1) is 0 Å². The van der Waals surface area contributed by atoms with Gasteiger partial charge in [0.25, 0.3) is 5.56 Å². The molecule has 148 valence electrons. The lowest BCUT2D eigenvalue weighted by Crippen LogP contribution is -2.40. The summed E-state index contributed by atoms with van der Waals surface area (Å²) in [7, 11) is -0.586. The summed E-state index contributed by atoms with van der Waals surface area (Å²) in [4.78, 5) is 23.9. The van der Waals surface area contributed by atoms with Crippen LogP contribution in [-0.2, 0) is 21.3 Å². The van der Waals surface area contributed by atoms with E-state index in [1.54, 1.807) is 7.05 Å². The first-order chi connectivity index (χ1) is 12.8. The van der Waals surface area contributed by atoms with E-state index in [0.29, 0.717) is 0 Å². The highest BCUT2D eigenvalue weighted by Gasteiger charge is 2.28. The number of aromatic nitrogens is 3. The van der Waals surface area contributed by atoms with Gasteiger partial charge in [0, 0.05) is 32.0 Å². The molecule has 0 aromatic carbocycles. The molecule has 0 aromatic rings. The Morgan fingerprint density at radius 1 is 1.33 bits per heavy atom. The molecule has 3 aliphatic rings. The van der Waals surface area contributed by atoms with Crippen molar-refractivity contribution in [2.45, 2.75) is 44.7 Å². The Morgan fingerprint density at radius 3 is 2.70 bits per heavy atom. The number of sulfonamides is 1. The van der Waals surface area contributed by atoms with Crippen molar-refractivity contribution in [2.75, 3.05) is 19.9 Å². The van der Waals surface area contributed by atoms with Gasteiger partial charge in [0.1, 0.15) is 11.3 Å². The van der Waals surface area contributed by atoms with Gasteiger partial charge in [-0.15, -0.1) is 0 Å². The van der Waals surface area contributed by atoms with Gasteiger partial charge in [0.15, 0.2) is 0 Å². The van der Waals surface area contributed by atoms with Crippen molar-refractivity contribution in [3.8, 4) is 11.3 Å². The Labute approximate surface area is 157 Å². The number of nitrogens with zero attached hydrogens (tertiary/aromatic N) is 3. The zero-order valence-corrected chi connectivity index (χ0v) is 16.3. The van der Waals surface area contributed by atoms with E-state index in [-0.39, 0.29) is 35.2 Å². The van der Waals surface area contributed by atoms with Crippen molar-refractivity contribution in [1.29, 1.82) is 0 Å². The van der Waals surface area contributed by atoms with Gasteiger partial charge in [0.05, 0.1) is 18.4 Å². The summed E-state index contributed by atoms with van der Waals surface area (Å²) in [5.74, 6) is -0.758. The summed E-state index contributed by atoms with van der Waals surface area (Å²) in [5.41, 5.74) is 0.110. The molecule has 3 rings (SSSR count). The molecule has 1 saturated carbocycles.